The summed E-state index contributed by atoms with van der Waals surface area (Å²) in [5, 5.41) is 6.88. The Hall–Kier alpha value is -0.880. The van der Waals surface area contributed by atoms with Crippen molar-refractivity contribution in [3.63, 3.8) is 0 Å². The minimum absolute atomic E-state index is 0.407. The van der Waals surface area contributed by atoms with Crippen LogP contribution >= 0.6 is 45.2 Å². The Bertz CT molecular complexity index is 1040. The van der Waals surface area contributed by atoms with Gasteiger partial charge in [-0.2, -0.15) is 0 Å². The largest absolute Gasteiger partial charge is 0.0891 e. The van der Waals surface area contributed by atoms with Gasteiger partial charge in [0.1, 0.15) is 0 Å². The van der Waals surface area contributed by atoms with E-state index in [1.807, 2.05) is 0 Å². The SMILES string of the molecule is C=C(I)C1CC=Cc2c1/c(=C\C)c1cccc3c(I)ccc2c31. The van der Waals surface area contributed by atoms with E-state index in [4.69, 9.17) is 0 Å². The summed E-state index contributed by atoms with van der Waals surface area (Å²) in [6.45, 7) is 6.40. The molecule has 0 saturated heterocycles. The number of rotatable bonds is 1. The van der Waals surface area contributed by atoms with E-state index in [2.05, 4.69) is 107 Å². The van der Waals surface area contributed by atoms with Gasteiger partial charge in [0.15, 0.2) is 0 Å². The van der Waals surface area contributed by atoms with Crippen LogP contribution in [0.4, 0.5) is 0 Å². The highest BCUT2D eigenvalue weighted by molar-refractivity contribution is 14.1. The van der Waals surface area contributed by atoms with Gasteiger partial charge in [-0.1, -0.05) is 49.1 Å². The Balaban J connectivity index is 2.32. The van der Waals surface area contributed by atoms with Gasteiger partial charge >= 0.3 is 0 Å². The van der Waals surface area contributed by atoms with Crippen molar-refractivity contribution in [2.24, 2.45) is 0 Å². The van der Waals surface area contributed by atoms with E-state index in [0.717, 1.165) is 6.42 Å². The van der Waals surface area contributed by atoms with E-state index in [1.54, 1.807) is 0 Å². The second-order valence-electron chi connectivity index (χ2n) is 5.99. The van der Waals surface area contributed by atoms with Crippen LogP contribution in [0.25, 0.3) is 33.7 Å². The molecule has 0 amide bonds. The lowest BCUT2D eigenvalue weighted by molar-refractivity contribution is 0.846. The molecule has 0 spiro atoms. The van der Waals surface area contributed by atoms with Crippen molar-refractivity contribution in [2.45, 2.75) is 19.3 Å². The molecule has 1 aliphatic carbocycles. The van der Waals surface area contributed by atoms with Gasteiger partial charge in [0.05, 0.1) is 0 Å². The summed E-state index contributed by atoms with van der Waals surface area (Å²) in [5.74, 6) is 0.407. The fraction of sp³-hybridized carbons (Fsp3) is 0.143. The molecule has 0 nitrogen and oxygen atoms in total. The third kappa shape index (κ3) is 2.29. The first-order valence-corrected chi connectivity index (χ1v) is 9.93. The molecule has 4 rings (SSSR count). The zero-order valence-electron chi connectivity index (χ0n) is 12.9. The van der Waals surface area contributed by atoms with E-state index >= 15 is 0 Å². The molecule has 1 unspecified atom stereocenters. The number of benzene rings is 3. The van der Waals surface area contributed by atoms with Crippen LogP contribution in [0.2, 0.25) is 0 Å². The first-order valence-electron chi connectivity index (χ1n) is 7.77. The maximum Gasteiger partial charge on any atom is 0.0209 e. The van der Waals surface area contributed by atoms with Crippen LogP contribution in [0.15, 0.2) is 46.6 Å². The predicted octanol–water partition coefficient (Wildman–Crippen LogP) is 6.57. The van der Waals surface area contributed by atoms with Gasteiger partial charge < -0.3 is 0 Å². The van der Waals surface area contributed by atoms with E-state index in [1.165, 1.54) is 45.0 Å². The van der Waals surface area contributed by atoms with Crippen LogP contribution in [0.1, 0.15) is 30.4 Å². The smallest absolute Gasteiger partial charge is 0.0209 e. The first-order chi connectivity index (χ1) is 11.1. The molecule has 0 radical (unpaired) electrons. The average Bonchev–Trinajstić information content (AvgIpc) is 2.57. The molecular formula is C21H16I2. The van der Waals surface area contributed by atoms with Crippen LogP contribution in [-0.2, 0) is 0 Å². The zero-order chi connectivity index (χ0) is 16.1. The van der Waals surface area contributed by atoms with Crippen molar-refractivity contribution in [1.82, 2.24) is 0 Å². The van der Waals surface area contributed by atoms with E-state index in [-0.39, 0.29) is 0 Å². The molecule has 0 bridgehead atoms. The molecule has 1 atom stereocenters. The Morgan fingerprint density at radius 3 is 2.70 bits per heavy atom. The molecule has 0 heterocycles. The second kappa shape index (κ2) is 5.88. The Labute approximate surface area is 163 Å². The summed E-state index contributed by atoms with van der Waals surface area (Å²) >= 11 is 4.84. The average molecular weight is 522 g/mol. The Kier molecular flexibility index (Phi) is 4.00. The molecule has 3 aromatic rings. The van der Waals surface area contributed by atoms with Crippen LogP contribution < -0.4 is 5.22 Å². The van der Waals surface area contributed by atoms with Gasteiger partial charge in [-0.05, 0) is 106 Å². The quantitative estimate of drug-likeness (QED) is 0.318. The van der Waals surface area contributed by atoms with Gasteiger partial charge in [-0.3, -0.25) is 0 Å². The highest BCUT2D eigenvalue weighted by Gasteiger charge is 2.23. The molecule has 3 aromatic carbocycles. The van der Waals surface area contributed by atoms with Crippen molar-refractivity contribution in [1.29, 1.82) is 0 Å². The lowest BCUT2D eigenvalue weighted by Crippen LogP contribution is -2.19. The van der Waals surface area contributed by atoms with Gasteiger partial charge in [-0.25, -0.2) is 0 Å². The maximum atomic E-state index is 4.25. The molecule has 0 fully saturated rings. The van der Waals surface area contributed by atoms with E-state index in [0.29, 0.717) is 5.92 Å². The maximum absolute atomic E-state index is 4.25. The van der Waals surface area contributed by atoms with Crippen molar-refractivity contribution in [3.8, 4) is 0 Å². The lowest BCUT2D eigenvalue weighted by atomic mass is 9.81. The van der Waals surface area contributed by atoms with Gasteiger partial charge in [0.2, 0.25) is 0 Å². The van der Waals surface area contributed by atoms with Crippen LogP contribution in [0, 0.1) is 3.57 Å². The summed E-state index contributed by atoms with van der Waals surface area (Å²) in [7, 11) is 0. The van der Waals surface area contributed by atoms with Crippen LogP contribution in [0.5, 0.6) is 0 Å². The summed E-state index contributed by atoms with van der Waals surface area (Å²) in [5.41, 5.74) is 2.84. The first kappa shape index (κ1) is 15.6. The minimum Gasteiger partial charge on any atom is -0.0891 e. The Morgan fingerprint density at radius 1 is 1.17 bits per heavy atom. The molecule has 23 heavy (non-hydrogen) atoms. The standard InChI is InChI=1S/C21H16I2/c1-3-13-15-7-5-9-18-19(23)11-10-17(21(15)18)16-8-4-6-14(12(2)22)20(13)16/h3-5,7-11,14H,2,6H2,1H3/b13-3-. The molecule has 0 N–H and O–H groups in total. The highest BCUT2D eigenvalue weighted by Crippen LogP contribution is 2.41. The van der Waals surface area contributed by atoms with Gasteiger partial charge in [0.25, 0.3) is 0 Å². The third-order valence-electron chi connectivity index (χ3n) is 4.82. The molecule has 114 valence electrons. The number of hydrogen-bond donors (Lipinski definition) is 0. The van der Waals surface area contributed by atoms with E-state index in [9.17, 15) is 0 Å². The number of halogens is 2. The number of hydrogen-bond acceptors (Lipinski definition) is 0. The van der Waals surface area contributed by atoms with Crippen molar-refractivity contribution in [2.75, 3.05) is 0 Å². The fourth-order valence-electron chi connectivity index (χ4n) is 3.85. The molecule has 1 aliphatic rings. The topological polar surface area (TPSA) is 0 Å². The normalized spacial score (nSPS) is 17.9. The second-order valence-corrected chi connectivity index (χ2v) is 8.54. The molecular weight excluding hydrogens is 506 g/mol. The van der Waals surface area contributed by atoms with E-state index < -0.39 is 0 Å². The predicted molar refractivity (Wildman–Crippen MR) is 119 cm³/mol. The number of fused-ring (bicyclic) bond motifs is 2. The van der Waals surface area contributed by atoms with Crippen molar-refractivity contribution >= 4 is 78.9 Å². The highest BCUT2D eigenvalue weighted by atomic mass is 127. The molecule has 0 saturated carbocycles. The zero-order valence-corrected chi connectivity index (χ0v) is 17.2. The summed E-state index contributed by atoms with van der Waals surface area (Å²) in [4.78, 5) is 0. The summed E-state index contributed by atoms with van der Waals surface area (Å²) < 4.78 is 2.54. The van der Waals surface area contributed by atoms with Gasteiger partial charge in [-0.15, -0.1) is 0 Å². The minimum atomic E-state index is 0.407. The van der Waals surface area contributed by atoms with Crippen LogP contribution in [0.3, 0.4) is 0 Å². The lowest BCUT2D eigenvalue weighted by Gasteiger charge is -2.25. The number of allylic oxidation sites excluding steroid dienone is 2. The summed E-state index contributed by atoms with van der Waals surface area (Å²) in [6, 6.07) is 11.2. The van der Waals surface area contributed by atoms with Crippen LogP contribution in [-0.4, -0.2) is 0 Å². The molecule has 0 aliphatic heterocycles. The summed E-state index contributed by atoms with van der Waals surface area (Å²) in [6.07, 6.45) is 7.94. The molecule has 2 heteroatoms. The van der Waals surface area contributed by atoms with Crippen molar-refractivity contribution < 1.29 is 0 Å². The van der Waals surface area contributed by atoms with Crippen molar-refractivity contribution in [3.05, 3.63) is 66.5 Å². The third-order valence-corrected chi connectivity index (χ3v) is 6.51. The van der Waals surface area contributed by atoms with Gasteiger partial charge in [0, 0.05) is 9.49 Å². The molecule has 0 aromatic heterocycles. The monoisotopic (exact) mass is 522 g/mol. The fourth-order valence-corrected chi connectivity index (χ4v) is 5.04. The Morgan fingerprint density at radius 2 is 1.96 bits per heavy atom.